The first-order chi connectivity index (χ1) is 9.25. The maximum absolute atomic E-state index is 12.8. The molecule has 1 aromatic carbocycles. The molecule has 0 bridgehead atoms. The molecule has 0 unspecified atom stereocenters. The Morgan fingerprint density at radius 1 is 1.11 bits per heavy atom. The number of hydrogen-bond acceptors (Lipinski definition) is 2. The minimum Gasteiger partial charge on any atom is -0.375 e. The number of hydrogen-bond donors (Lipinski definition) is 1. The van der Waals surface area contributed by atoms with Gasteiger partial charge in [-0.25, -0.2) is 4.39 Å². The Bertz CT molecular complexity index is 360. The number of benzene rings is 1. The summed E-state index contributed by atoms with van der Waals surface area (Å²) in [5, 5.41) is 3.54. The summed E-state index contributed by atoms with van der Waals surface area (Å²) in [6.45, 7) is 2.22. The minimum atomic E-state index is -0.166. The lowest BCUT2D eigenvalue weighted by Crippen LogP contribution is -2.19. The van der Waals surface area contributed by atoms with Crippen LogP contribution in [0.2, 0.25) is 0 Å². The van der Waals surface area contributed by atoms with Gasteiger partial charge in [-0.1, -0.05) is 12.8 Å². The zero-order valence-electron chi connectivity index (χ0n) is 11.9. The highest BCUT2D eigenvalue weighted by molar-refractivity contribution is 5.45. The van der Waals surface area contributed by atoms with Crippen molar-refractivity contribution in [2.75, 3.05) is 25.0 Å². The van der Waals surface area contributed by atoms with E-state index in [1.54, 1.807) is 0 Å². The number of halogens is 1. The van der Waals surface area contributed by atoms with E-state index in [-0.39, 0.29) is 5.82 Å². The van der Waals surface area contributed by atoms with Crippen LogP contribution in [0.15, 0.2) is 24.3 Å². The summed E-state index contributed by atoms with van der Waals surface area (Å²) in [7, 11) is 2.07. The van der Waals surface area contributed by atoms with Crippen molar-refractivity contribution in [3.63, 3.8) is 0 Å². The van der Waals surface area contributed by atoms with Gasteiger partial charge in [0.2, 0.25) is 0 Å². The van der Waals surface area contributed by atoms with Crippen LogP contribution < -0.4 is 10.2 Å². The molecule has 0 aromatic heterocycles. The molecule has 0 amide bonds. The summed E-state index contributed by atoms with van der Waals surface area (Å²) < 4.78 is 12.8. The molecule has 106 valence electrons. The molecule has 0 spiro atoms. The molecule has 3 heteroatoms. The average molecular weight is 264 g/mol. The quantitative estimate of drug-likeness (QED) is 0.686. The van der Waals surface area contributed by atoms with Crippen molar-refractivity contribution < 1.29 is 4.39 Å². The Kier molecular flexibility index (Phi) is 5.64. The van der Waals surface area contributed by atoms with E-state index < -0.39 is 0 Å². The van der Waals surface area contributed by atoms with Crippen LogP contribution in [0.25, 0.3) is 0 Å². The van der Waals surface area contributed by atoms with Gasteiger partial charge in [0.25, 0.3) is 0 Å². The van der Waals surface area contributed by atoms with E-state index in [0.717, 1.165) is 18.3 Å². The van der Waals surface area contributed by atoms with Gasteiger partial charge in [-0.15, -0.1) is 0 Å². The highest BCUT2D eigenvalue weighted by Crippen LogP contribution is 2.18. The van der Waals surface area contributed by atoms with Crippen molar-refractivity contribution in [3.8, 4) is 0 Å². The number of nitrogens with zero attached hydrogens (tertiary/aromatic N) is 1. The van der Waals surface area contributed by atoms with Crippen LogP contribution in [-0.4, -0.2) is 26.2 Å². The number of nitrogens with one attached hydrogen (secondary N) is 1. The number of unbranched alkanes of at least 4 members (excludes halogenated alkanes) is 3. The lowest BCUT2D eigenvalue weighted by molar-refractivity contribution is 0.585. The molecule has 1 aromatic rings. The topological polar surface area (TPSA) is 15.3 Å². The first kappa shape index (κ1) is 14.3. The molecular weight excluding hydrogens is 239 g/mol. The van der Waals surface area contributed by atoms with Crippen molar-refractivity contribution in [3.05, 3.63) is 30.1 Å². The molecule has 1 saturated carbocycles. The zero-order chi connectivity index (χ0) is 13.5. The maximum Gasteiger partial charge on any atom is 0.123 e. The second-order valence-corrected chi connectivity index (χ2v) is 5.54. The van der Waals surface area contributed by atoms with E-state index in [2.05, 4.69) is 17.3 Å². The predicted molar refractivity (Wildman–Crippen MR) is 79.2 cm³/mol. The lowest BCUT2D eigenvalue weighted by Gasteiger charge is -2.19. The van der Waals surface area contributed by atoms with Crippen LogP contribution in [-0.2, 0) is 0 Å². The minimum absolute atomic E-state index is 0.166. The van der Waals surface area contributed by atoms with Gasteiger partial charge in [0.05, 0.1) is 0 Å². The molecule has 0 heterocycles. The molecule has 1 aliphatic carbocycles. The Balaban J connectivity index is 1.50. The van der Waals surface area contributed by atoms with E-state index in [9.17, 15) is 4.39 Å². The fourth-order valence-corrected chi connectivity index (χ4v) is 2.25. The van der Waals surface area contributed by atoms with Crippen molar-refractivity contribution in [1.29, 1.82) is 0 Å². The summed E-state index contributed by atoms with van der Waals surface area (Å²) in [5.74, 6) is -0.166. The Labute approximate surface area is 116 Å². The predicted octanol–water partition coefficient (Wildman–Crippen LogP) is 3.57. The number of anilines is 1. The van der Waals surface area contributed by atoms with E-state index >= 15 is 0 Å². The normalized spacial score (nSPS) is 14.6. The van der Waals surface area contributed by atoms with Crippen LogP contribution in [0.1, 0.15) is 38.5 Å². The van der Waals surface area contributed by atoms with Crippen molar-refractivity contribution in [1.82, 2.24) is 5.32 Å². The molecule has 2 rings (SSSR count). The van der Waals surface area contributed by atoms with Gasteiger partial charge in [0.1, 0.15) is 5.82 Å². The summed E-state index contributed by atoms with van der Waals surface area (Å²) in [6.07, 6.45) is 7.83. The molecule has 2 nitrogen and oxygen atoms in total. The summed E-state index contributed by atoms with van der Waals surface area (Å²) in [6, 6.07) is 7.57. The number of rotatable bonds is 9. The van der Waals surface area contributed by atoms with Gasteiger partial charge in [-0.05, 0) is 56.5 Å². The van der Waals surface area contributed by atoms with Crippen LogP contribution >= 0.6 is 0 Å². The van der Waals surface area contributed by atoms with Crippen LogP contribution in [0, 0.1) is 5.82 Å². The first-order valence-corrected chi connectivity index (χ1v) is 7.46. The zero-order valence-corrected chi connectivity index (χ0v) is 11.9. The molecule has 0 aliphatic heterocycles. The van der Waals surface area contributed by atoms with E-state index in [0.29, 0.717) is 0 Å². The van der Waals surface area contributed by atoms with Gasteiger partial charge in [-0.3, -0.25) is 0 Å². The molecule has 19 heavy (non-hydrogen) atoms. The van der Waals surface area contributed by atoms with Crippen molar-refractivity contribution >= 4 is 5.69 Å². The van der Waals surface area contributed by atoms with Gasteiger partial charge in [0.15, 0.2) is 0 Å². The maximum atomic E-state index is 12.8. The van der Waals surface area contributed by atoms with E-state index in [1.807, 2.05) is 12.1 Å². The molecule has 0 radical (unpaired) electrons. The first-order valence-electron chi connectivity index (χ1n) is 7.46. The Morgan fingerprint density at radius 2 is 1.79 bits per heavy atom. The highest BCUT2D eigenvalue weighted by Gasteiger charge is 2.19. The second kappa shape index (κ2) is 7.49. The molecule has 1 fully saturated rings. The Hall–Kier alpha value is -1.09. The van der Waals surface area contributed by atoms with Crippen molar-refractivity contribution in [2.45, 2.75) is 44.6 Å². The van der Waals surface area contributed by atoms with Gasteiger partial charge >= 0.3 is 0 Å². The summed E-state index contributed by atoms with van der Waals surface area (Å²) in [5.41, 5.74) is 1.09. The van der Waals surface area contributed by atoms with Crippen molar-refractivity contribution in [2.24, 2.45) is 0 Å². The largest absolute Gasteiger partial charge is 0.375 e. The molecule has 1 N–H and O–H groups in total. The second-order valence-electron chi connectivity index (χ2n) is 5.54. The third kappa shape index (κ3) is 5.60. The average Bonchev–Trinajstić information content (AvgIpc) is 3.22. The van der Waals surface area contributed by atoms with Crippen LogP contribution in [0.4, 0.5) is 10.1 Å². The Morgan fingerprint density at radius 3 is 2.47 bits per heavy atom. The fraction of sp³-hybridized carbons (Fsp3) is 0.625. The SMILES string of the molecule is CN(CCCCCCNC1CC1)c1ccc(F)cc1. The van der Waals surface area contributed by atoms with E-state index in [4.69, 9.17) is 0 Å². The third-order valence-electron chi connectivity index (χ3n) is 3.70. The summed E-state index contributed by atoms with van der Waals surface area (Å²) in [4.78, 5) is 2.20. The van der Waals surface area contributed by atoms with E-state index in [1.165, 1.54) is 57.2 Å². The lowest BCUT2D eigenvalue weighted by atomic mass is 10.2. The van der Waals surface area contributed by atoms with Gasteiger partial charge in [-0.2, -0.15) is 0 Å². The molecular formula is C16H25FN2. The monoisotopic (exact) mass is 264 g/mol. The smallest absolute Gasteiger partial charge is 0.123 e. The van der Waals surface area contributed by atoms with Crippen LogP contribution in [0.5, 0.6) is 0 Å². The molecule has 0 saturated heterocycles. The molecule has 1 aliphatic rings. The molecule has 0 atom stereocenters. The van der Waals surface area contributed by atoms with Gasteiger partial charge < -0.3 is 10.2 Å². The standard InChI is InChI=1S/C16H25FN2/c1-19(16-10-6-14(17)7-11-16)13-5-3-2-4-12-18-15-8-9-15/h6-7,10-11,15,18H,2-5,8-9,12-13H2,1H3. The fourth-order valence-electron chi connectivity index (χ4n) is 2.25. The van der Waals surface area contributed by atoms with Gasteiger partial charge in [0, 0.05) is 25.3 Å². The summed E-state index contributed by atoms with van der Waals surface area (Å²) >= 11 is 0. The highest BCUT2D eigenvalue weighted by atomic mass is 19.1. The third-order valence-corrected chi connectivity index (χ3v) is 3.70. The van der Waals surface area contributed by atoms with Crippen LogP contribution in [0.3, 0.4) is 0 Å².